The summed E-state index contributed by atoms with van der Waals surface area (Å²) in [4.78, 5) is 16.5. The lowest BCUT2D eigenvalue weighted by Crippen LogP contribution is -2.25. The van der Waals surface area contributed by atoms with Crippen molar-refractivity contribution in [2.24, 2.45) is 0 Å². The third kappa shape index (κ3) is 2.36. The third-order valence-electron chi connectivity index (χ3n) is 4.16. The highest BCUT2D eigenvalue weighted by Gasteiger charge is 2.31. The van der Waals surface area contributed by atoms with Gasteiger partial charge in [0.15, 0.2) is 0 Å². The molecule has 1 aliphatic rings. The van der Waals surface area contributed by atoms with Crippen molar-refractivity contribution < 1.29 is 13.6 Å². The summed E-state index contributed by atoms with van der Waals surface area (Å²) in [5, 5.41) is 2.77. The fourth-order valence-corrected chi connectivity index (χ4v) is 3.01. The van der Waals surface area contributed by atoms with E-state index in [-0.39, 0.29) is 24.1 Å². The number of amides is 1. The zero-order valence-electron chi connectivity index (χ0n) is 12.5. The third-order valence-corrected chi connectivity index (χ3v) is 4.16. The molecule has 0 saturated carbocycles. The van der Waals surface area contributed by atoms with Crippen molar-refractivity contribution in [2.75, 3.05) is 5.32 Å². The Hall–Kier alpha value is -3.02. The van der Waals surface area contributed by atoms with E-state index in [4.69, 9.17) is 0 Å². The first kappa shape index (κ1) is 14.6. The lowest BCUT2D eigenvalue weighted by Gasteiger charge is -2.23. The van der Waals surface area contributed by atoms with E-state index in [9.17, 15) is 13.6 Å². The summed E-state index contributed by atoms with van der Waals surface area (Å²) in [6.07, 6.45) is 1.71. The number of anilines is 1. The van der Waals surface area contributed by atoms with Crippen LogP contribution < -0.4 is 5.32 Å². The molecule has 1 amide bonds. The first-order valence-electron chi connectivity index (χ1n) is 7.51. The quantitative estimate of drug-likeness (QED) is 0.782. The lowest BCUT2D eigenvalue weighted by molar-refractivity contribution is -0.116. The van der Waals surface area contributed by atoms with E-state index in [0.29, 0.717) is 17.2 Å². The van der Waals surface area contributed by atoms with Crippen LogP contribution in [0, 0.1) is 11.6 Å². The molecule has 0 saturated heterocycles. The molecule has 0 radical (unpaired) electrons. The maximum atomic E-state index is 14.1. The number of nitrogens with one attached hydrogen (secondary N) is 1. The topological polar surface area (TPSA) is 46.9 Å². The number of nitrogens with zero attached hydrogens (tertiary/aromatic N) is 2. The van der Waals surface area contributed by atoms with Crippen molar-refractivity contribution in [3.05, 3.63) is 77.8 Å². The molecule has 0 bridgehead atoms. The summed E-state index contributed by atoms with van der Waals surface area (Å²) in [5.74, 6) is -0.769. The van der Waals surface area contributed by atoms with Crippen molar-refractivity contribution in [3.8, 4) is 5.69 Å². The lowest BCUT2D eigenvalue weighted by atomic mass is 9.90. The van der Waals surface area contributed by atoms with E-state index in [1.165, 1.54) is 29.1 Å². The highest BCUT2D eigenvalue weighted by molar-refractivity contribution is 5.94. The molecule has 3 aromatic rings. The Bertz CT molecular complexity index is 918. The fourth-order valence-electron chi connectivity index (χ4n) is 3.01. The fraction of sp³-hybridized carbons (Fsp3) is 0.111. The molecule has 0 spiro atoms. The molecule has 0 fully saturated rings. The second-order valence-corrected chi connectivity index (χ2v) is 5.66. The zero-order valence-corrected chi connectivity index (χ0v) is 12.5. The number of rotatable bonds is 2. The van der Waals surface area contributed by atoms with Crippen LogP contribution >= 0.6 is 0 Å². The summed E-state index contributed by atoms with van der Waals surface area (Å²) in [5.41, 5.74) is 1.75. The minimum atomic E-state index is -0.407. The van der Waals surface area contributed by atoms with E-state index >= 15 is 0 Å². The first-order valence-corrected chi connectivity index (χ1v) is 7.51. The largest absolute Gasteiger partial charge is 0.310 e. The van der Waals surface area contributed by atoms with Crippen LogP contribution in [0.4, 0.5) is 14.6 Å². The number of imidazole rings is 1. The Morgan fingerprint density at radius 1 is 1.08 bits per heavy atom. The highest BCUT2D eigenvalue weighted by Crippen LogP contribution is 2.37. The standard InChI is InChI=1S/C18H13F2N3O/c19-12-7-5-11(6-8-12)13-9-16(24)22-18-17(13)21-10-23(18)15-4-2-1-3-14(15)20/h1-8,10,13H,9H2,(H,22,24)/t13-/m1/s1. The van der Waals surface area contributed by atoms with Crippen molar-refractivity contribution in [1.82, 2.24) is 9.55 Å². The number of hydrogen-bond acceptors (Lipinski definition) is 2. The number of fused-ring (bicyclic) bond motifs is 1. The molecule has 4 nitrogen and oxygen atoms in total. The number of aromatic nitrogens is 2. The second-order valence-electron chi connectivity index (χ2n) is 5.66. The number of hydrogen-bond donors (Lipinski definition) is 1. The zero-order chi connectivity index (χ0) is 16.7. The Kier molecular flexibility index (Phi) is 3.37. The molecule has 0 aliphatic carbocycles. The molecule has 4 rings (SSSR count). The van der Waals surface area contributed by atoms with Gasteiger partial charge < -0.3 is 5.32 Å². The van der Waals surface area contributed by atoms with E-state index in [1.807, 2.05) is 0 Å². The van der Waals surface area contributed by atoms with Gasteiger partial charge in [-0.25, -0.2) is 13.8 Å². The number of para-hydroxylation sites is 1. The molecule has 120 valence electrons. The van der Waals surface area contributed by atoms with Gasteiger partial charge in [-0.1, -0.05) is 24.3 Å². The average Bonchev–Trinajstić information content (AvgIpc) is 2.99. The van der Waals surface area contributed by atoms with Gasteiger partial charge in [0, 0.05) is 12.3 Å². The highest BCUT2D eigenvalue weighted by atomic mass is 19.1. The molecular formula is C18H13F2N3O. The Morgan fingerprint density at radius 2 is 1.83 bits per heavy atom. The number of carbonyl (C=O) groups is 1. The minimum Gasteiger partial charge on any atom is -0.310 e. The first-order chi connectivity index (χ1) is 11.6. The molecular weight excluding hydrogens is 312 g/mol. The summed E-state index contributed by atoms with van der Waals surface area (Å²) in [7, 11) is 0. The molecule has 0 unspecified atom stereocenters. The maximum Gasteiger partial charge on any atom is 0.226 e. The smallest absolute Gasteiger partial charge is 0.226 e. The summed E-state index contributed by atoms with van der Waals surface area (Å²) < 4.78 is 28.8. The van der Waals surface area contributed by atoms with Crippen LogP contribution in [-0.2, 0) is 4.79 Å². The van der Waals surface area contributed by atoms with E-state index in [2.05, 4.69) is 10.3 Å². The van der Waals surface area contributed by atoms with E-state index < -0.39 is 5.82 Å². The second kappa shape index (κ2) is 5.56. The van der Waals surface area contributed by atoms with Crippen molar-refractivity contribution in [3.63, 3.8) is 0 Å². The molecule has 1 N–H and O–H groups in total. The summed E-state index contributed by atoms with van der Waals surface area (Å²) in [6, 6.07) is 12.3. The summed E-state index contributed by atoms with van der Waals surface area (Å²) in [6.45, 7) is 0. The van der Waals surface area contributed by atoms with Crippen molar-refractivity contribution in [1.29, 1.82) is 0 Å². The Balaban J connectivity index is 1.83. The molecule has 6 heteroatoms. The van der Waals surface area contributed by atoms with Gasteiger partial charge in [0.05, 0.1) is 11.4 Å². The van der Waals surface area contributed by atoms with Crippen molar-refractivity contribution >= 4 is 11.7 Å². The van der Waals surface area contributed by atoms with Gasteiger partial charge in [-0.2, -0.15) is 0 Å². The Morgan fingerprint density at radius 3 is 2.58 bits per heavy atom. The van der Waals surface area contributed by atoms with Gasteiger partial charge in [0.1, 0.15) is 23.8 Å². The van der Waals surface area contributed by atoms with Gasteiger partial charge in [-0.3, -0.25) is 9.36 Å². The number of benzene rings is 2. The van der Waals surface area contributed by atoms with Crippen LogP contribution in [0.3, 0.4) is 0 Å². The normalized spacial score (nSPS) is 16.6. The van der Waals surface area contributed by atoms with Crippen LogP contribution in [0.15, 0.2) is 54.9 Å². The van der Waals surface area contributed by atoms with Crippen LogP contribution in [-0.4, -0.2) is 15.5 Å². The summed E-state index contributed by atoms with van der Waals surface area (Å²) >= 11 is 0. The van der Waals surface area contributed by atoms with E-state index in [0.717, 1.165) is 5.56 Å². The van der Waals surface area contributed by atoms with Crippen LogP contribution in [0.5, 0.6) is 0 Å². The monoisotopic (exact) mass is 325 g/mol. The molecule has 1 aromatic heterocycles. The van der Waals surface area contributed by atoms with E-state index in [1.54, 1.807) is 30.3 Å². The van der Waals surface area contributed by atoms with Gasteiger partial charge in [0.25, 0.3) is 0 Å². The van der Waals surface area contributed by atoms with Gasteiger partial charge in [0.2, 0.25) is 5.91 Å². The van der Waals surface area contributed by atoms with Gasteiger partial charge >= 0.3 is 0 Å². The predicted octanol–water partition coefficient (Wildman–Crippen LogP) is 3.62. The SMILES string of the molecule is O=C1C[C@H](c2ccc(F)cc2)c2ncn(-c3ccccc3F)c2N1. The number of carbonyl (C=O) groups excluding carboxylic acids is 1. The van der Waals surface area contributed by atoms with Crippen LogP contribution in [0.2, 0.25) is 0 Å². The molecule has 1 aliphatic heterocycles. The maximum absolute atomic E-state index is 14.1. The number of halogens is 2. The van der Waals surface area contributed by atoms with Crippen LogP contribution in [0.1, 0.15) is 23.6 Å². The van der Waals surface area contributed by atoms with Gasteiger partial charge in [-0.15, -0.1) is 0 Å². The Labute approximate surface area is 136 Å². The predicted molar refractivity (Wildman–Crippen MR) is 85.0 cm³/mol. The van der Waals surface area contributed by atoms with Gasteiger partial charge in [-0.05, 0) is 29.8 Å². The molecule has 24 heavy (non-hydrogen) atoms. The minimum absolute atomic E-state index is 0.185. The average molecular weight is 325 g/mol. The molecule has 1 atom stereocenters. The van der Waals surface area contributed by atoms with Crippen molar-refractivity contribution in [2.45, 2.75) is 12.3 Å². The van der Waals surface area contributed by atoms with Crippen LogP contribution in [0.25, 0.3) is 5.69 Å². The molecule has 2 aromatic carbocycles. The molecule has 2 heterocycles.